The summed E-state index contributed by atoms with van der Waals surface area (Å²) in [5.41, 5.74) is 1.88. The Morgan fingerprint density at radius 1 is 0.917 bits per heavy atom. The van der Waals surface area contributed by atoms with Crippen LogP contribution >= 0.6 is 0 Å². The van der Waals surface area contributed by atoms with Crippen LogP contribution in [-0.2, 0) is 10.0 Å². The molecule has 0 radical (unpaired) electrons. The highest BCUT2D eigenvalue weighted by Gasteiger charge is 2.24. The number of allylic oxidation sites excluding steroid dienone is 2. The Bertz CT molecular complexity index is 952. The van der Waals surface area contributed by atoms with Gasteiger partial charge in [-0.2, -0.15) is 0 Å². The summed E-state index contributed by atoms with van der Waals surface area (Å²) in [4.78, 5) is -0.880. The maximum Gasteiger partial charge on any atom is 0.241 e. The maximum absolute atomic E-state index is 14.4. The molecule has 0 amide bonds. The molecular formula is C17H14F3NO2S. The summed E-state index contributed by atoms with van der Waals surface area (Å²) in [6, 6.07) is 7.34. The van der Waals surface area contributed by atoms with Crippen molar-refractivity contribution in [3.05, 3.63) is 65.0 Å². The number of sulfonamides is 1. The van der Waals surface area contributed by atoms with Gasteiger partial charge in [0, 0.05) is 5.56 Å². The van der Waals surface area contributed by atoms with Gasteiger partial charge in [-0.15, -0.1) is 0 Å². The molecule has 0 aliphatic heterocycles. The van der Waals surface area contributed by atoms with E-state index < -0.39 is 32.4 Å². The van der Waals surface area contributed by atoms with Crippen LogP contribution < -0.4 is 5.14 Å². The minimum atomic E-state index is -4.35. The monoisotopic (exact) mass is 353 g/mol. The molecule has 0 fully saturated rings. The molecule has 3 rings (SSSR count). The van der Waals surface area contributed by atoms with E-state index >= 15 is 0 Å². The Hall–Kier alpha value is -2.12. The fourth-order valence-electron chi connectivity index (χ4n) is 3.01. The van der Waals surface area contributed by atoms with Crippen molar-refractivity contribution in [1.29, 1.82) is 0 Å². The van der Waals surface area contributed by atoms with Crippen molar-refractivity contribution in [2.45, 2.75) is 24.2 Å². The largest absolute Gasteiger partial charge is 0.241 e. The van der Waals surface area contributed by atoms with Gasteiger partial charge in [0.05, 0.1) is 0 Å². The molecule has 0 saturated heterocycles. The van der Waals surface area contributed by atoms with Crippen molar-refractivity contribution in [3.63, 3.8) is 0 Å². The van der Waals surface area contributed by atoms with Gasteiger partial charge in [0.2, 0.25) is 10.0 Å². The lowest BCUT2D eigenvalue weighted by Gasteiger charge is -2.11. The first-order valence-corrected chi connectivity index (χ1v) is 8.82. The van der Waals surface area contributed by atoms with Crippen LogP contribution in [0.1, 0.15) is 30.4 Å². The highest BCUT2D eigenvalue weighted by molar-refractivity contribution is 7.89. The molecule has 0 atom stereocenters. The minimum Gasteiger partial charge on any atom is -0.225 e. The number of primary sulfonamides is 1. The topological polar surface area (TPSA) is 60.2 Å². The van der Waals surface area contributed by atoms with Gasteiger partial charge in [-0.25, -0.2) is 26.7 Å². The molecule has 126 valence electrons. The van der Waals surface area contributed by atoms with Crippen molar-refractivity contribution in [3.8, 4) is 0 Å². The highest BCUT2D eigenvalue weighted by Crippen LogP contribution is 2.41. The Balaban J connectivity index is 2.17. The van der Waals surface area contributed by atoms with Gasteiger partial charge in [-0.1, -0.05) is 12.1 Å². The first kappa shape index (κ1) is 16.7. The van der Waals surface area contributed by atoms with Gasteiger partial charge in [0.15, 0.2) is 0 Å². The fraction of sp³-hybridized carbons (Fsp3) is 0.176. The van der Waals surface area contributed by atoms with E-state index in [1.165, 1.54) is 12.1 Å². The third kappa shape index (κ3) is 3.09. The lowest BCUT2D eigenvalue weighted by Crippen LogP contribution is -2.15. The number of benzene rings is 2. The number of rotatable bonds is 3. The molecule has 1 aliphatic carbocycles. The number of nitrogens with two attached hydrogens (primary N) is 1. The highest BCUT2D eigenvalue weighted by atomic mass is 32.2. The van der Waals surface area contributed by atoms with Gasteiger partial charge in [0.1, 0.15) is 22.3 Å². The van der Waals surface area contributed by atoms with Crippen molar-refractivity contribution in [2.75, 3.05) is 0 Å². The molecule has 1 aliphatic rings. The number of hydrogen-bond acceptors (Lipinski definition) is 2. The zero-order chi connectivity index (χ0) is 17.5. The van der Waals surface area contributed by atoms with Gasteiger partial charge < -0.3 is 0 Å². The molecule has 2 aromatic carbocycles. The molecule has 0 saturated carbocycles. The van der Waals surface area contributed by atoms with Gasteiger partial charge >= 0.3 is 0 Å². The summed E-state index contributed by atoms with van der Waals surface area (Å²) in [6.07, 6.45) is 1.83. The molecular weight excluding hydrogens is 339 g/mol. The van der Waals surface area contributed by atoms with E-state index in [1.54, 1.807) is 12.1 Å². The van der Waals surface area contributed by atoms with Crippen molar-refractivity contribution in [2.24, 2.45) is 5.14 Å². The Morgan fingerprint density at radius 2 is 1.62 bits per heavy atom. The molecule has 2 N–H and O–H groups in total. The summed E-state index contributed by atoms with van der Waals surface area (Å²) < 4.78 is 64.4. The fourth-order valence-corrected chi connectivity index (χ4v) is 3.61. The SMILES string of the molecule is NS(=O)(=O)c1cc(F)c(C2=C(c3cccc(F)c3)CCC2)cc1F. The average Bonchev–Trinajstić information content (AvgIpc) is 2.97. The first-order valence-electron chi connectivity index (χ1n) is 7.27. The molecule has 7 heteroatoms. The quantitative estimate of drug-likeness (QED) is 0.911. The van der Waals surface area contributed by atoms with E-state index in [1.807, 2.05) is 0 Å². The molecule has 0 bridgehead atoms. The summed E-state index contributed by atoms with van der Waals surface area (Å²) in [5.74, 6) is -2.39. The van der Waals surface area contributed by atoms with Crippen LogP contribution in [0.15, 0.2) is 41.3 Å². The zero-order valence-electron chi connectivity index (χ0n) is 12.5. The lowest BCUT2D eigenvalue weighted by molar-refractivity contribution is 0.552. The van der Waals surface area contributed by atoms with Crippen LogP contribution in [0.2, 0.25) is 0 Å². The van der Waals surface area contributed by atoms with E-state index in [0.717, 1.165) is 18.1 Å². The van der Waals surface area contributed by atoms with Gasteiger partial charge in [0.25, 0.3) is 0 Å². The maximum atomic E-state index is 14.4. The normalized spacial score (nSPS) is 15.2. The average molecular weight is 353 g/mol. The second-order valence-electron chi connectivity index (χ2n) is 5.63. The predicted molar refractivity (Wildman–Crippen MR) is 84.8 cm³/mol. The lowest BCUT2D eigenvalue weighted by atomic mass is 9.96. The molecule has 3 nitrogen and oxygen atoms in total. The molecule has 24 heavy (non-hydrogen) atoms. The Morgan fingerprint density at radius 3 is 2.29 bits per heavy atom. The van der Waals surface area contributed by atoms with Crippen molar-refractivity contribution < 1.29 is 21.6 Å². The molecule has 2 aromatic rings. The molecule has 0 unspecified atom stereocenters. The summed E-state index contributed by atoms with van der Waals surface area (Å²) in [5, 5.41) is 4.88. The van der Waals surface area contributed by atoms with Gasteiger partial charge in [-0.05, 0) is 60.2 Å². The van der Waals surface area contributed by atoms with Crippen LogP contribution in [0.3, 0.4) is 0 Å². The smallest absolute Gasteiger partial charge is 0.225 e. The molecule has 0 heterocycles. The van der Waals surface area contributed by atoms with E-state index in [0.29, 0.717) is 30.0 Å². The zero-order valence-corrected chi connectivity index (χ0v) is 13.3. The predicted octanol–water partition coefficient (Wildman–Crippen LogP) is 3.85. The summed E-state index contributed by atoms with van der Waals surface area (Å²) in [7, 11) is -4.35. The first-order chi connectivity index (χ1) is 11.3. The van der Waals surface area contributed by atoms with E-state index in [9.17, 15) is 21.6 Å². The summed E-state index contributed by atoms with van der Waals surface area (Å²) in [6.45, 7) is 0. The standard InChI is InChI=1S/C17H14F3NO2S/c18-11-4-1-3-10(7-11)12-5-2-6-13(12)14-8-16(20)17(9-15(14)19)24(21,22)23/h1,3-4,7-9H,2,5-6H2,(H2,21,22,23). The third-order valence-corrected chi connectivity index (χ3v) is 4.97. The van der Waals surface area contributed by atoms with E-state index in [4.69, 9.17) is 5.14 Å². The molecule has 0 aromatic heterocycles. The second-order valence-corrected chi connectivity index (χ2v) is 7.16. The number of halogens is 3. The van der Waals surface area contributed by atoms with Crippen LogP contribution in [0.5, 0.6) is 0 Å². The van der Waals surface area contributed by atoms with E-state index in [-0.39, 0.29) is 5.56 Å². The van der Waals surface area contributed by atoms with Crippen molar-refractivity contribution >= 4 is 21.2 Å². The van der Waals surface area contributed by atoms with Crippen LogP contribution in [0, 0.1) is 17.5 Å². The molecule has 0 spiro atoms. The number of hydrogen-bond donors (Lipinski definition) is 1. The minimum absolute atomic E-state index is 0.0170. The Kier molecular flexibility index (Phi) is 4.23. The second kappa shape index (κ2) is 6.07. The van der Waals surface area contributed by atoms with Crippen molar-refractivity contribution in [1.82, 2.24) is 0 Å². The van der Waals surface area contributed by atoms with Gasteiger partial charge in [-0.3, -0.25) is 0 Å². The third-order valence-electron chi connectivity index (χ3n) is 4.04. The van der Waals surface area contributed by atoms with Crippen LogP contribution in [0.25, 0.3) is 11.1 Å². The van der Waals surface area contributed by atoms with E-state index in [2.05, 4.69) is 0 Å². The van der Waals surface area contributed by atoms with Crippen LogP contribution in [-0.4, -0.2) is 8.42 Å². The Labute approximate surface area is 137 Å². The van der Waals surface area contributed by atoms with Crippen LogP contribution in [0.4, 0.5) is 13.2 Å². The summed E-state index contributed by atoms with van der Waals surface area (Å²) >= 11 is 0.